The van der Waals surface area contributed by atoms with Crippen molar-refractivity contribution >= 4 is 5.97 Å². The summed E-state index contributed by atoms with van der Waals surface area (Å²) in [6.07, 6.45) is 24.5. The molecule has 0 unspecified atom stereocenters. The normalized spacial score (nSPS) is 15.4. The number of carboxylic acid groups (broad SMARTS) is 1. The zero-order chi connectivity index (χ0) is 20.2. The Morgan fingerprint density at radius 2 is 1.63 bits per heavy atom. The van der Waals surface area contributed by atoms with Crippen LogP contribution in [0.1, 0.15) is 45.4 Å². The number of hydrogen-bond acceptors (Lipinski definition) is 5. The molecule has 0 rings (SSSR count). The summed E-state index contributed by atoms with van der Waals surface area (Å²) in [4.78, 5) is 14.6. The van der Waals surface area contributed by atoms with Crippen molar-refractivity contribution in [2.45, 2.75) is 57.7 Å². The van der Waals surface area contributed by atoms with E-state index in [0.29, 0.717) is 19.3 Å². The van der Waals surface area contributed by atoms with Gasteiger partial charge in [-0.2, -0.15) is 0 Å². The fraction of sp³-hybridized carbons (Fsp3) is 0.409. The average Bonchev–Trinajstić information content (AvgIpc) is 2.64. The van der Waals surface area contributed by atoms with Crippen LogP contribution in [0.3, 0.4) is 0 Å². The highest BCUT2D eigenvalue weighted by molar-refractivity contribution is 5.64. The SMILES string of the molecule is CC/C=C\C[C@@H](O)/C=C/C=C\C/C=C\C=C\[C@H](C/C=C\CCC(=O)[O-])OO. The smallest absolute Gasteiger partial charge is 0.115 e. The van der Waals surface area contributed by atoms with Gasteiger partial charge in [0, 0.05) is 5.97 Å². The van der Waals surface area contributed by atoms with Crippen LogP contribution in [0.15, 0.2) is 72.9 Å². The minimum Gasteiger partial charge on any atom is -0.550 e. The number of allylic oxidation sites excluding steroid dienone is 8. The lowest BCUT2D eigenvalue weighted by molar-refractivity contribution is -0.305. The maximum atomic E-state index is 10.3. The highest BCUT2D eigenvalue weighted by Crippen LogP contribution is 2.02. The number of carboxylic acids is 1. The lowest BCUT2D eigenvalue weighted by atomic mass is 10.2. The molecule has 27 heavy (non-hydrogen) atoms. The van der Waals surface area contributed by atoms with E-state index in [4.69, 9.17) is 5.26 Å². The van der Waals surface area contributed by atoms with E-state index in [2.05, 4.69) is 11.8 Å². The molecular weight excluding hydrogens is 344 g/mol. The summed E-state index contributed by atoms with van der Waals surface area (Å²) in [5.74, 6) is -1.08. The van der Waals surface area contributed by atoms with Crippen LogP contribution in [0.2, 0.25) is 0 Å². The second-order valence-electron chi connectivity index (χ2n) is 5.81. The Morgan fingerprint density at radius 3 is 2.26 bits per heavy atom. The summed E-state index contributed by atoms with van der Waals surface area (Å²) in [5.41, 5.74) is 0. The molecule has 0 fully saturated rings. The molecule has 0 bridgehead atoms. The van der Waals surface area contributed by atoms with E-state index in [1.807, 2.05) is 42.5 Å². The van der Waals surface area contributed by atoms with Crippen LogP contribution in [-0.4, -0.2) is 28.5 Å². The van der Waals surface area contributed by atoms with Crippen LogP contribution in [0, 0.1) is 0 Å². The Morgan fingerprint density at radius 1 is 0.963 bits per heavy atom. The molecule has 0 aliphatic rings. The molecule has 0 radical (unpaired) electrons. The number of rotatable bonds is 15. The first-order valence-electron chi connectivity index (χ1n) is 9.24. The lowest BCUT2D eigenvalue weighted by Gasteiger charge is -2.04. The van der Waals surface area contributed by atoms with E-state index in [1.54, 1.807) is 30.4 Å². The summed E-state index contributed by atoms with van der Waals surface area (Å²) in [6, 6.07) is 0. The first-order chi connectivity index (χ1) is 13.1. The van der Waals surface area contributed by atoms with Gasteiger partial charge >= 0.3 is 0 Å². The average molecular weight is 375 g/mol. The van der Waals surface area contributed by atoms with Gasteiger partial charge in [-0.15, -0.1) is 0 Å². The molecule has 0 amide bonds. The van der Waals surface area contributed by atoms with Crippen LogP contribution < -0.4 is 5.11 Å². The molecule has 0 aliphatic carbocycles. The molecule has 5 heteroatoms. The maximum Gasteiger partial charge on any atom is 0.115 e. The van der Waals surface area contributed by atoms with Gasteiger partial charge in [0.25, 0.3) is 0 Å². The fourth-order valence-corrected chi connectivity index (χ4v) is 1.96. The van der Waals surface area contributed by atoms with Crippen molar-refractivity contribution in [1.82, 2.24) is 0 Å². The number of aliphatic carboxylic acids is 1. The third-order valence-corrected chi connectivity index (χ3v) is 3.39. The van der Waals surface area contributed by atoms with Gasteiger partial charge in [-0.25, -0.2) is 4.89 Å². The van der Waals surface area contributed by atoms with E-state index in [-0.39, 0.29) is 6.42 Å². The maximum absolute atomic E-state index is 10.3. The van der Waals surface area contributed by atoms with Gasteiger partial charge in [-0.3, -0.25) is 5.26 Å². The van der Waals surface area contributed by atoms with E-state index in [0.717, 1.165) is 12.8 Å². The van der Waals surface area contributed by atoms with Crippen LogP contribution >= 0.6 is 0 Å². The molecule has 5 nitrogen and oxygen atoms in total. The monoisotopic (exact) mass is 375 g/mol. The largest absolute Gasteiger partial charge is 0.550 e. The molecular formula is C22H31O5-. The molecule has 2 atom stereocenters. The third-order valence-electron chi connectivity index (χ3n) is 3.39. The Balaban J connectivity index is 4.00. The first kappa shape index (κ1) is 24.8. The Bertz CT molecular complexity index is 541. The number of carbonyl (C=O) groups is 1. The van der Waals surface area contributed by atoms with Gasteiger partial charge in [-0.05, 0) is 38.5 Å². The van der Waals surface area contributed by atoms with E-state index < -0.39 is 18.2 Å². The van der Waals surface area contributed by atoms with Crippen molar-refractivity contribution in [3.05, 3.63) is 72.9 Å². The number of hydrogen-bond donors (Lipinski definition) is 2. The van der Waals surface area contributed by atoms with E-state index >= 15 is 0 Å². The number of aliphatic hydroxyl groups excluding tert-OH is 1. The third kappa shape index (κ3) is 18.4. The molecule has 0 aliphatic heterocycles. The highest BCUT2D eigenvalue weighted by atomic mass is 17.1. The number of carbonyl (C=O) groups excluding carboxylic acids is 1. The zero-order valence-electron chi connectivity index (χ0n) is 15.9. The van der Waals surface area contributed by atoms with Gasteiger partial charge in [0.1, 0.15) is 6.10 Å². The summed E-state index contributed by atoms with van der Waals surface area (Å²) in [6.45, 7) is 2.06. The Kier molecular flexibility index (Phi) is 17.1. The van der Waals surface area contributed by atoms with Gasteiger partial charge < -0.3 is 15.0 Å². The van der Waals surface area contributed by atoms with Crippen LogP contribution in [0.5, 0.6) is 0 Å². The predicted molar refractivity (Wildman–Crippen MR) is 107 cm³/mol. The van der Waals surface area contributed by atoms with Gasteiger partial charge in [0.15, 0.2) is 0 Å². The minimum absolute atomic E-state index is 0.0166. The van der Waals surface area contributed by atoms with Crippen LogP contribution in [-0.2, 0) is 9.68 Å². The van der Waals surface area contributed by atoms with Crippen molar-refractivity contribution in [3.8, 4) is 0 Å². The second kappa shape index (κ2) is 18.6. The van der Waals surface area contributed by atoms with Crippen molar-refractivity contribution < 1.29 is 25.2 Å². The quantitative estimate of drug-likeness (QED) is 0.197. The topological polar surface area (TPSA) is 89.8 Å². The minimum atomic E-state index is -1.08. The van der Waals surface area contributed by atoms with E-state index in [9.17, 15) is 15.0 Å². The molecule has 0 saturated heterocycles. The molecule has 0 heterocycles. The van der Waals surface area contributed by atoms with Gasteiger partial charge in [0.2, 0.25) is 0 Å². The Hall–Kier alpha value is -2.21. The fourth-order valence-electron chi connectivity index (χ4n) is 1.96. The summed E-state index contributed by atoms with van der Waals surface area (Å²) in [7, 11) is 0. The van der Waals surface area contributed by atoms with Gasteiger partial charge in [-0.1, -0.05) is 79.8 Å². The Labute approximate surface area is 162 Å². The molecule has 0 aromatic carbocycles. The van der Waals surface area contributed by atoms with Crippen LogP contribution in [0.4, 0.5) is 0 Å². The van der Waals surface area contributed by atoms with E-state index in [1.165, 1.54) is 0 Å². The standard InChI is InChI=1S/C22H32O5/c1-2-3-10-15-20(23)16-11-7-5-4-6-8-12-17-21(27-26)18-13-9-14-19-22(24)25/h3,5-13,16-17,20-21,23,26H,2,4,14-15,18-19H2,1H3,(H,24,25)/p-1/b7-5-,8-6-,10-3-,13-9-,16-11+,17-12+/t20-,21-/m1/s1. The molecule has 150 valence electrons. The molecule has 0 aromatic heterocycles. The summed E-state index contributed by atoms with van der Waals surface area (Å²) >= 11 is 0. The summed E-state index contributed by atoms with van der Waals surface area (Å²) < 4.78 is 0. The predicted octanol–water partition coefficient (Wildman–Crippen LogP) is 3.65. The van der Waals surface area contributed by atoms with Crippen molar-refractivity contribution in [2.75, 3.05) is 0 Å². The van der Waals surface area contributed by atoms with Crippen molar-refractivity contribution in [3.63, 3.8) is 0 Å². The second-order valence-corrected chi connectivity index (χ2v) is 5.81. The molecule has 0 spiro atoms. The number of aliphatic hydroxyl groups is 1. The molecule has 0 saturated carbocycles. The van der Waals surface area contributed by atoms with Crippen LogP contribution in [0.25, 0.3) is 0 Å². The lowest BCUT2D eigenvalue weighted by Crippen LogP contribution is -2.21. The first-order valence-corrected chi connectivity index (χ1v) is 9.24. The zero-order valence-corrected chi connectivity index (χ0v) is 15.9. The van der Waals surface area contributed by atoms with Crippen molar-refractivity contribution in [2.24, 2.45) is 0 Å². The molecule has 0 aromatic rings. The van der Waals surface area contributed by atoms with Gasteiger partial charge in [0.05, 0.1) is 6.10 Å². The molecule has 2 N–H and O–H groups in total. The van der Waals surface area contributed by atoms with Crippen molar-refractivity contribution in [1.29, 1.82) is 0 Å². The highest BCUT2D eigenvalue weighted by Gasteiger charge is 1.99. The summed E-state index contributed by atoms with van der Waals surface area (Å²) in [5, 5.41) is 28.8.